The van der Waals surface area contributed by atoms with Crippen molar-refractivity contribution in [1.82, 2.24) is 0 Å². The standard InChI is InChI=1S/C24H44O8/c1-17(15-23(9,10)31-29-21(3,4)5)27-19(25)13-14-20(26)28-18(2)16-24(11,12)32-30-22(6,7)8/h13-14,17-18H,15-16H2,1-12H3/b14-13-. The summed E-state index contributed by atoms with van der Waals surface area (Å²) in [7, 11) is 0. The fourth-order valence-corrected chi connectivity index (χ4v) is 2.62. The molecule has 0 rings (SSSR count). The zero-order valence-electron chi connectivity index (χ0n) is 22.0. The molecule has 0 amide bonds. The maximum atomic E-state index is 12.0. The van der Waals surface area contributed by atoms with Gasteiger partial charge in [-0.25, -0.2) is 29.1 Å². The van der Waals surface area contributed by atoms with Gasteiger partial charge in [0.05, 0.1) is 11.2 Å². The summed E-state index contributed by atoms with van der Waals surface area (Å²) in [4.78, 5) is 45.7. The van der Waals surface area contributed by atoms with Crippen LogP contribution in [0.4, 0.5) is 0 Å². The Labute approximate surface area is 193 Å². The molecule has 0 aromatic rings. The molecule has 32 heavy (non-hydrogen) atoms. The van der Waals surface area contributed by atoms with E-state index in [4.69, 9.17) is 29.0 Å². The molecule has 0 aliphatic rings. The Balaban J connectivity index is 4.49. The van der Waals surface area contributed by atoms with Crippen molar-refractivity contribution in [1.29, 1.82) is 0 Å². The maximum absolute atomic E-state index is 12.0. The predicted molar refractivity (Wildman–Crippen MR) is 121 cm³/mol. The minimum atomic E-state index is -0.656. The summed E-state index contributed by atoms with van der Waals surface area (Å²) in [5.74, 6) is -1.28. The van der Waals surface area contributed by atoms with Crippen molar-refractivity contribution in [3.05, 3.63) is 12.2 Å². The lowest BCUT2D eigenvalue weighted by Gasteiger charge is -2.30. The molecule has 2 unspecified atom stereocenters. The largest absolute Gasteiger partial charge is 0.459 e. The minimum absolute atomic E-state index is 0.413. The molecular formula is C24H44O8. The van der Waals surface area contributed by atoms with Gasteiger partial charge in [-0.2, -0.15) is 0 Å². The second-order valence-corrected chi connectivity index (χ2v) is 11.3. The highest BCUT2D eigenvalue weighted by molar-refractivity contribution is 5.91. The number of carbonyl (C=O) groups excluding carboxylic acids is 2. The number of rotatable bonds is 12. The molecule has 0 radical (unpaired) electrons. The van der Waals surface area contributed by atoms with Crippen LogP contribution in [0.1, 0.15) is 95.9 Å². The van der Waals surface area contributed by atoms with E-state index in [1.54, 1.807) is 13.8 Å². The van der Waals surface area contributed by atoms with Gasteiger partial charge in [0, 0.05) is 25.0 Å². The lowest BCUT2D eigenvalue weighted by Crippen LogP contribution is -2.34. The van der Waals surface area contributed by atoms with E-state index in [0.717, 1.165) is 12.2 Å². The molecule has 0 N–H and O–H groups in total. The van der Waals surface area contributed by atoms with Gasteiger partial charge < -0.3 is 9.47 Å². The molecule has 8 nitrogen and oxygen atoms in total. The first kappa shape index (κ1) is 30.5. The Bertz CT molecular complexity index is 569. The third-order valence-corrected chi connectivity index (χ3v) is 3.58. The molecule has 8 heteroatoms. The van der Waals surface area contributed by atoms with Crippen LogP contribution in [0.25, 0.3) is 0 Å². The van der Waals surface area contributed by atoms with Crippen LogP contribution in [0.15, 0.2) is 12.2 Å². The zero-order chi connectivity index (χ0) is 25.4. The summed E-state index contributed by atoms with van der Waals surface area (Å²) < 4.78 is 10.6. The van der Waals surface area contributed by atoms with Crippen molar-refractivity contribution in [3.63, 3.8) is 0 Å². The van der Waals surface area contributed by atoms with Gasteiger partial charge in [0.1, 0.15) is 23.4 Å². The SMILES string of the molecule is CC(CC(C)(C)OOC(C)(C)C)OC(=O)/C=C\C(=O)OC(C)CC(C)(C)OOC(C)(C)C. The molecule has 0 fully saturated rings. The molecule has 0 spiro atoms. The molecule has 0 saturated heterocycles. The first-order valence-electron chi connectivity index (χ1n) is 11.0. The fraction of sp³-hybridized carbons (Fsp3) is 0.833. The molecule has 2 atom stereocenters. The van der Waals surface area contributed by atoms with E-state index in [9.17, 15) is 9.59 Å². The highest BCUT2D eigenvalue weighted by Gasteiger charge is 2.29. The van der Waals surface area contributed by atoms with Gasteiger partial charge >= 0.3 is 11.9 Å². The van der Waals surface area contributed by atoms with E-state index in [0.29, 0.717) is 12.8 Å². The van der Waals surface area contributed by atoms with E-state index in [2.05, 4.69) is 0 Å². The van der Waals surface area contributed by atoms with Crippen molar-refractivity contribution in [2.75, 3.05) is 0 Å². The highest BCUT2D eigenvalue weighted by Crippen LogP contribution is 2.23. The Morgan fingerprint density at radius 2 is 0.875 bits per heavy atom. The molecule has 0 aromatic heterocycles. The number of hydrogen-bond donors (Lipinski definition) is 0. The van der Waals surface area contributed by atoms with Crippen LogP contribution in [0.5, 0.6) is 0 Å². The van der Waals surface area contributed by atoms with Gasteiger partial charge in [-0.3, -0.25) is 0 Å². The summed E-state index contributed by atoms with van der Waals surface area (Å²) >= 11 is 0. The van der Waals surface area contributed by atoms with Gasteiger partial charge in [0.15, 0.2) is 0 Å². The summed E-state index contributed by atoms with van der Waals surface area (Å²) in [6, 6.07) is 0. The lowest BCUT2D eigenvalue weighted by molar-refractivity contribution is -0.399. The quantitative estimate of drug-likeness (QED) is 0.169. The van der Waals surface area contributed by atoms with Crippen LogP contribution < -0.4 is 0 Å². The van der Waals surface area contributed by atoms with Crippen LogP contribution >= 0.6 is 0 Å². The second kappa shape index (κ2) is 12.1. The summed E-state index contributed by atoms with van der Waals surface area (Å²) in [5.41, 5.74) is -2.20. The predicted octanol–water partition coefficient (Wildman–Crippen LogP) is 5.24. The average molecular weight is 461 g/mol. The van der Waals surface area contributed by atoms with E-state index in [1.807, 2.05) is 69.2 Å². The van der Waals surface area contributed by atoms with Crippen molar-refractivity contribution in [2.45, 2.75) is 131 Å². The van der Waals surface area contributed by atoms with Crippen LogP contribution in [0.2, 0.25) is 0 Å². The Morgan fingerprint density at radius 1 is 0.594 bits per heavy atom. The van der Waals surface area contributed by atoms with Crippen LogP contribution in [-0.4, -0.2) is 46.6 Å². The lowest BCUT2D eigenvalue weighted by atomic mass is 10.0. The molecule has 188 valence electrons. The van der Waals surface area contributed by atoms with Crippen molar-refractivity contribution < 1.29 is 38.6 Å². The average Bonchev–Trinajstić information content (AvgIpc) is 2.54. The fourth-order valence-electron chi connectivity index (χ4n) is 2.62. The molecule has 0 saturated carbocycles. The smallest absolute Gasteiger partial charge is 0.331 e. The molecule has 0 heterocycles. The third kappa shape index (κ3) is 17.1. The Hall–Kier alpha value is -1.48. The molecule has 0 aromatic carbocycles. The summed E-state index contributed by atoms with van der Waals surface area (Å²) in [6.07, 6.45) is 2.04. The van der Waals surface area contributed by atoms with E-state index < -0.39 is 46.6 Å². The van der Waals surface area contributed by atoms with Crippen LogP contribution in [-0.2, 0) is 38.6 Å². The Kier molecular flexibility index (Phi) is 11.6. The highest BCUT2D eigenvalue weighted by atomic mass is 17.2. The second-order valence-electron chi connectivity index (χ2n) is 11.3. The van der Waals surface area contributed by atoms with Gasteiger partial charge in [0.2, 0.25) is 0 Å². The molecule has 0 aliphatic carbocycles. The monoisotopic (exact) mass is 460 g/mol. The maximum Gasteiger partial charge on any atom is 0.331 e. The zero-order valence-corrected chi connectivity index (χ0v) is 22.0. The van der Waals surface area contributed by atoms with Crippen molar-refractivity contribution in [2.24, 2.45) is 0 Å². The first-order chi connectivity index (χ1) is 14.2. The van der Waals surface area contributed by atoms with Gasteiger partial charge in [-0.05, 0) is 83.1 Å². The van der Waals surface area contributed by atoms with E-state index >= 15 is 0 Å². The minimum Gasteiger partial charge on any atom is -0.459 e. The number of carbonyl (C=O) groups is 2. The molecular weight excluding hydrogens is 416 g/mol. The molecule has 0 bridgehead atoms. The van der Waals surface area contributed by atoms with E-state index in [1.165, 1.54) is 0 Å². The first-order valence-corrected chi connectivity index (χ1v) is 11.0. The normalized spacial score (nSPS) is 15.5. The summed E-state index contributed by atoms with van der Waals surface area (Å²) in [5, 5.41) is 0. The van der Waals surface area contributed by atoms with Crippen molar-refractivity contribution in [3.8, 4) is 0 Å². The van der Waals surface area contributed by atoms with E-state index in [-0.39, 0.29) is 0 Å². The molecule has 0 aliphatic heterocycles. The van der Waals surface area contributed by atoms with Gasteiger partial charge in [0.25, 0.3) is 0 Å². The van der Waals surface area contributed by atoms with Crippen LogP contribution in [0, 0.1) is 0 Å². The number of esters is 2. The topological polar surface area (TPSA) is 89.5 Å². The number of ether oxygens (including phenoxy) is 2. The number of hydrogen-bond acceptors (Lipinski definition) is 8. The summed E-state index contributed by atoms with van der Waals surface area (Å²) in [6.45, 7) is 22.1. The van der Waals surface area contributed by atoms with Gasteiger partial charge in [-0.15, -0.1) is 0 Å². The van der Waals surface area contributed by atoms with Crippen molar-refractivity contribution >= 4 is 11.9 Å². The third-order valence-electron chi connectivity index (χ3n) is 3.58. The van der Waals surface area contributed by atoms with Gasteiger partial charge in [-0.1, -0.05) is 0 Å². The van der Waals surface area contributed by atoms with Crippen LogP contribution in [0.3, 0.4) is 0 Å². The Morgan fingerprint density at radius 3 is 1.12 bits per heavy atom.